The highest BCUT2D eigenvalue weighted by atomic mass is 32.2. The first kappa shape index (κ1) is 22.0. The number of benzene rings is 3. The number of hydrogen-bond donors (Lipinski definition) is 2. The van der Waals surface area contributed by atoms with Crippen LogP contribution in [0.25, 0.3) is 20.2 Å². The van der Waals surface area contributed by atoms with Gasteiger partial charge in [-0.25, -0.2) is 0 Å². The van der Waals surface area contributed by atoms with Crippen LogP contribution in [0.4, 0.5) is 0 Å². The molecule has 0 saturated heterocycles. The maximum absolute atomic E-state index is 10.5. The molecule has 4 rings (SSSR count). The van der Waals surface area contributed by atoms with Gasteiger partial charge in [0, 0.05) is 20.2 Å². The molecule has 0 atom stereocenters. The molecule has 3 aromatic carbocycles. The van der Waals surface area contributed by atoms with Crippen LogP contribution in [0.2, 0.25) is 0 Å². The standard InChI is InChI=1S/C16H15NOS.C7H8O3S/c1-10(2)11-7-8-15-13(9-11)16(17-18)12-5-3-4-6-14(12)19-15;1-6-2-4-7(5-3-6)11(8,9)10/h3-10,18H,1-2H3;2-5H,1H3,(H,8,9,10). The highest BCUT2D eigenvalue weighted by Gasteiger charge is 2.08. The lowest BCUT2D eigenvalue weighted by atomic mass is 10.0. The van der Waals surface area contributed by atoms with Gasteiger partial charge in [0.15, 0.2) is 0 Å². The van der Waals surface area contributed by atoms with Crippen molar-refractivity contribution in [2.24, 2.45) is 5.16 Å². The molecule has 1 aromatic heterocycles. The van der Waals surface area contributed by atoms with E-state index in [4.69, 9.17) is 4.55 Å². The first-order valence-corrected chi connectivity index (χ1v) is 11.6. The highest BCUT2D eigenvalue weighted by molar-refractivity contribution is 7.85. The second-order valence-corrected chi connectivity index (χ2v) is 9.75. The summed E-state index contributed by atoms with van der Waals surface area (Å²) >= 11 is 1.73. The van der Waals surface area contributed by atoms with Gasteiger partial charge in [-0.05, 0) is 48.7 Å². The van der Waals surface area contributed by atoms with Crippen molar-refractivity contribution in [3.8, 4) is 0 Å². The van der Waals surface area contributed by atoms with Crippen molar-refractivity contribution in [2.75, 3.05) is 0 Å². The van der Waals surface area contributed by atoms with E-state index < -0.39 is 10.1 Å². The molecule has 0 bridgehead atoms. The molecule has 0 radical (unpaired) electrons. The maximum atomic E-state index is 10.5. The van der Waals surface area contributed by atoms with E-state index in [0.717, 1.165) is 25.7 Å². The predicted molar refractivity (Wildman–Crippen MR) is 122 cm³/mol. The van der Waals surface area contributed by atoms with E-state index in [9.17, 15) is 13.6 Å². The summed E-state index contributed by atoms with van der Waals surface area (Å²) in [6, 6.07) is 20.4. The van der Waals surface area contributed by atoms with Crippen molar-refractivity contribution in [3.63, 3.8) is 0 Å². The van der Waals surface area contributed by atoms with E-state index in [0.29, 0.717) is 11.3 Å². The molecule has 2 N–H and O–H groups in total. The number of hydrogen-bond acceptors (Lipinski definition) is 5. The van der Waals surface area contributed by atoms with E-state index in [2.05, 4.69) is 43.3 Å². The van der Waals surface area contributed by atoms with Gasteiger partial charge in [-0.1, -0.05) is 61.0 Å². The summed E-state index contributed by atoms with van der Waals surface area (Å²) in [7, 11) is -4.02. The average Bonchev–Trinajstić information content (AvgIpc) is 2.71. The first-order chi connectivity index (χ1) is 14.2. The van der Waals surface area contributed by atoms with Crippen molar-refractivity contribution >= 4 is 41.6 Å². The third-order valence-corrected chi connectivity index (χ3v) is 6.73. The number of nitrogens with zero attached hydrogens (tertiary/aromatic N) is 1. The zero-order valence-electron chi connectivity index (χ0n) is 16.9. The van der Waals surface area contributed by atoms with Crippen LogP contribution in [0.3, 0.4) is 0 Å². The molecule has 0 unspecified atom stereocenters. The molecule has 0 amide bonds. The number of fused-ring (bicyclic) bond motifs is 2. The summed E-state index contributed by atoms with van der Waals surface area (Å²) < 4.78 is 31.8. The lowest BCUT2D eigenvalue weighted by Crippen LogP contribution is -2.04. The van der Waals surface area contributed by atoms with Crippen LogP contribution in [-0.2, 0) is 10.1 Å². The molecule has 0 aliphatic heterocycles. The second kappa shape index (κ2) is 8.95. The SMILES string of the molecule is CC(C)c1ccc2sc3ccccc3c(=NO)c2c1.Cc1ccc(S(=O)(=O)O)cc1. The summed E-state index contributed by atoms with van der Waals surface area (Å²) in [5, 5.41) is 15.6. The lowest BCUT2D eigenvalue weighted by Gasteiger charge is -2.08. The Hall–Kier alpha value is -2.74. The van der Waals surface area contributed by atoms with Gasteiger partial charge < -0.3 is 5.21 Å². The van der Waals surface area contributed by atoms with Gasteiger partial charge >= 0.3 is 0 Å². The van der Waals surface area contributed by atoms with E-state index >= 15 is 0 Å². The molecule has 7 heteroatoms. The fourth-order valence-corrected chi connectivity index (χ4v) is 4.55. The molecule has 0 saturated carbocycles. The Bertz CT molecular complexity index is 1360. The Morgan fingerprint density at radius 3 is 2.13 bits per heavy atom. The summed E-state index contributed by atoms with van der Waals surface area (Å²) in [6.07, 6.45) is 0. The largest absolute Gasteiger partial charge is 0.410 e. The van der Waals surface area contributed by atoms with Crippen LogP contribution >= 0.6 is 11.3 Å². The highest BCUT2D eigenvalue weighted by Crippen LogP contribution is 2.27. The summed E-state index contributed by atoms with van der Waals surface area (Å²) in [4.78, 5) is -0.0666. The number of rotatable bonds is 2. The average molecular weight is 442 g/mol. The van der Waals surface area contributed by atoms with Gasteiger partial charge in [0.05, 0.1) is 4.90 Å². The normalized spacial score (nSPS) is 12.2. The van der Waals surface area contributed by atoms with Crippen LogP contribution < -0.4 is 5.36 Å². The molecular weight excluding hydrogens is 418 g/mol. The Morgan fingerprint density at radius 1 is 0.900 bits per heavy atom. The molecule has 30 heavy (non-hydrogen) atoms. The van der Waals surface area contributed by atoms with E-state index in [1.54, 1.807) is 23.5 Å². The zero-order chi connectivity index (χ0) is 21.9. The Kier molecular flexibility index (Phi) is 6.55. The molecule has 0 aliphatic carbocycles. The Morgan fingerprint density at radius 2 is 1.53 bits per heavy atom. The van der Waals surface area contributed by atoms with Crippen molar-refractivity contribution in [1.82, 2.24) is 0 Å². The van der Waals surface area contributed by atoms with E-state index in [1.807, 2.05) is 25.1 Å². The van der Waals surface area contributed by atoms with Crippen molar-refractivity contribution in [2.45, 2.75) is 31.6 Å². The van der Waals surface area contributed by atoms with Gasteiger partial charge in [-0.15, -0.1) is 11.3 Å². The minimum atomic E-state index is -4.02. The van der Waals surface area contributed by atoms with Crippen LogP contribution in [0, 0.1) is 6.92 Å². The van der Waals surface area contributed by atoms with Crippen LogP contribution in [-0.4, -0.2) is 18.2 Å². The molecule has 0 aliphatic rings. The second-order valence-electron chi connectivity index (χ2n) is 7.25. The van der Waals surface area contributed by atoms with E-state index in [-0.39, 0.29) is 4.90 Å². The fourth-order valence-electron chi connectivity index (χ4n) is 3.01. The summed E-state index contributed by atoms with van der Waals surface area (Å²) in [5.74, 6) is 0.465. The molecule has 0 fully saturated rings. The van der Waals surface area contributed by atoms with Crippen LogP contribution in [0.15, 0.2) is 76.8 Å². The molecule has 5 nitrogen and oxygen atoms in total. The summed E-state index contributed by atoms with van der Waals surface area (Å²) in [5.41, 5.74) is 2.22. The minimum Gasteiger partial charge on any atom is -0.410 e. The third kappa shape index (κ3) is 4.87. The molecular formula is C23H23NO4S2. The Balaban J connectivity index is 0.000000199. The zero-order valence-corrected chi connectivity index (χ0v) is 18.5. The lowest BCUT2D eigenvalue weighted by molar-refractivity contribution is 0.304. The molecule has 0 spiro atoms. The smallest absolute Gasteiger partial charge is 0.294 e. The molecule has 1 heterocycles. The van der Waals surface area contributed by atoms with Crippen LogP contribution in [0.5, 0.6) is 0 Å². The van der Waals surface area contributed by atoms with Gasteiger partial charge in [0.2, 0.25) is 0 Å². The van der Waals surface area contributed by atoms with E-state index in [1.165, 1.54) is 17.7 Å². The van der Waals surface area contributed by atoms with Gasteiger partial charge in [-0.3, -0.25) is 4.55 Å². The maximum Gasteiger partial charge on any atom is 0.294 e. The Labute approximate surface area is 179 Å². The van der Waals surface area contributed by atoms with Gasteiger partial charge in [0.25, 0.3) is 10.1 Å². The quantitative estimate of drug-likeness (QED) is 0.181. The first-order valence-electron chi connectivity index (χ1n) is 9.38. The number of aryl methyl sites for hydroxylation is 1. The third-order valence-electron chi connectivity index (χ3n) is 4.71. The van der Waals surface area contributed by atoms with Crippen molar-refractivity contribution < 1.29 is 18.2 Å². The predicted octanol–water partition coefficient (Wildman–Crippen LogP) is 5.71. The molecule has 4 aromatic rings. The summed E-state index contributed by atoms with van der Waals surface area (Å²) in [6.45, 7) is 6.18. The van der Waals surface area contributed by atoms with Crippen molar-refractivity contribution in [3.05, 3.63) is 83.2 Å². The monoisotopic (exact) mass is 441 g/mol. The van der Waals surface area contributed by atoms with Crippen LogP contribution in [0.1, 0.15) is 30.9 Å². The fraction of sp³-hybridized carbons (Fsp3) is 0.174. The van der Waals surface area contributed by atoms with Gasteiger partial charge in [-0.2, -0.15) is 8.42 Å². The minimum absolute atomic E-state index is 0.0666. The topological polar surface area (TPSA) is 87.0 Å². The van der Waals surface area contributed by atoms with Gasteiger partial charge in [0.1, 0.15) is 5.36 Å². The molecule has 156 valence electrons. The van der Waals surface area contributed by atoms with Crippen molar-refractivity contribution in [1.29, 1.82) is 0 Å².